The Morgan fingerprint density at radius 1 is 1.12 bits per heavy atom. The molecule has 0 unspecified atom stereocenters. The third-order valence-corrected chi connectivity index (χ3v) is 5.91. The molecule has 24 heavy (non-hydrogen) atoms. The quantitative estimate of drug-likeness (QED) is 0.853. The highest BCUT2D eigenvalue weighted by Crippen LogP contribution is 2.23. The summed E-state index contributed by atoms with van der Waals surface area (Å²) in [5.74, 6) is -0.458. The Kier molecular flexibility index (Phi) is 5.87. The summed E-state index contributed by atoms with van der Waals surface area (Å²) >= 11 is 11.8. The van der Waals surface area contributed by atoms with Crippen LogP contribution < -0.4 is 5.32 Å². The maximum atomic E-state index is 12.4. The van der Waals surface area contributed by atoms with E-state index in [2.05, 4.69) is 5.32 Å². The van der Waals surface area contributed by atoms with Gasteiger partial charge in [0.2, 0.25) is 15.9 Å². The number of carbonyl (C=O) groups excluding carboxylic acids is 1. The van der Waals surface area contributed by atoms with Crippen LogP contribution in [0.4, 0.5) is 5.69 Å². The third kappa shape index (κ3) is 4.27. The zero-order valence-corrected chi connectivity index (χ0v) is 15.4. The van der Waals surface area contributed by atoms with Crippen molar-refractivity contribution in [1.82, 2.24) is 4.31 Å². The smallest absolute Gasteiger partial charge is 0.243 e. The molecule has 0 aromatic heterocycles. The predicted molar refractivity (Wildman–Crippen MR) is 96.1 cm³/mol. The van der Waals surface area contributed by atoms with E-state index in [9.17, 15) is 13.2 Å². The van der Waals surface area contributed by atoms with Crippen LogP contribution in [-0.4, -0.2) is 32.2 Å². The predicted octanol–water partition coefficient (Wildman–Crippen LogP) is 3.56. The van der Waals surface area contributed by atoms with E-state index in [-0.39, 0.29) is 11.4 Å². The molecule has 0 spiro atoms. The van der Waals surface area contributed by atoms with Crippen molar-refractivity contribution in [2.45, 2.75) is 11.8 Å². The van der Waals surface area contributed by atoms with Gasteiger partial charge in [0.25, 0.3) is 0 Å². The van der Waals surface area contributed by atoms with Gasteiger partial charge in [-0.25, -0.2) is 8.42 Å². The van der Waals surface area contributed by atoms with Crippen LogP contribution >= 0.6 is 23.2 Å². The lowest BCUT2D eigenvalue weighted by Crippen LogP contribution is -2.35. The Bertz CT molecular complexity index is 852. The van der Waals surface area contributed by atoms with E-state index in [4.69, 9.17) is 23.2 Å². The minimum atomic E-state index is -3.77. The second-order valence-corrected chi connectivity index (χ2v) is 8.06. The Morgan fingerprint density at radius 3 is 2.38 bits per heavy atom. The largest absolute Gasteiger partial charge is 0.325 e. The van der Waals surface area contributed by atoms with E-state index in [1.165, 1.54) is 31.3 Å². The summed E-state index contributed by atoms with van der Waals surface area (Å²) in [6.45, 7) is 1.45. The fraction of sp³-hybridized carbons (Fsp3) is 0.188. The standard InChI is InChI=1S/C16H16Cl2N2O3S/c1-11-14(18)4-3-5-15(11)19-16(21)10-20(2)24(22,23)13-8-6-12(17)7-9-13/h3-9H,10H2,1-2H3,(H,19,21). The molecule has 0 heterocycles. The summed E-state index contributed by atoms with van der Waals surface area (Å²) in [6.07, 6.45) is 0. The zero-order chi connectivity index (χ0) is 17.9. The van der Waals surface area contributed by atoms with Crippen molar-refractivity contribution in [3.8, 4) is 0 Å². The lowest BCUT2D eigenvalue weighted by Gasteiger charge is -2.17. The lowest BCUT2D eigenvalue weighted by atomic mass is 10.2. The molecule has 1 N–H and O–H groups in total. The van der Waals surface area contributed by atoms with E-state index >= 15 is 0 Å². The number of amides is 1. The first kappa shape index (κ1) is 18.7. The van der Waals surface area contributed by atoms with E-state index in [1.54, 1.807) is 25.1 Å². The van der Waals surface area contributed by atoms with Crippen molar-refractivity contribution in [3.63, 3.8) is 0 Å². The average Bonchev–Trinajstić information content (AvgIpc) is 2.52. The number of halogens is 2. The van der Waals surface area contributed by atoms with Crippen LogP contribution in [-0.2, 0) is 14.8 Å². The number of anilines is 1. The average molecular weight is 387 g/mol. The molecule has 5 nitrogen and oxygen atoms in total. The van der Waals surface area contributed by atoms with Gasteiger partial charge in [-0.2, -0.15) is 4.31 Å². The highest BCUT2D eigenvalue weighted by atomic mass is 35.5. The third-order valence-electron chi connectivity index (χ3n) is 3.43. The molecule has 0 aliphatic heterocycles. The molecular weight excluding hydrogens is 371 g/mol. The fourth-order valence-corrected chi connectivity index (χ4v) is 3.43. The number of rotatable bonds is 5. The van der Waals surface area contributed by atoms with Crippen molar-refractivity contribution in [1.29, 1.82) is 0 Å². The van der Waals surface area contributed by atoms with Crippen LogP contribution in [0, 0.1) is 6.92 Å². The summed E-state index contributed by atoms with van der Waals surface area (Å²) in [5, 5.41) is 3.62. The van der Waals surface area contributed by atoms with Gasteiger partial charge in [-0.15, -0.1) is 0 Å². The maximum Gasteiger partial charge on any atom is 0.243 e. The van der Waals surface area contributed by atoms with Gasteiger partial charge in [-0.3, -0.25) is 4.79 Å². The number of hydrogen-bond acceptors (Lipinski definition) is 3. The molecule has 2 rings (SSSR count). The highest BCUT2D eigenvalue weighted by Gasteiger charge is 2.23. The van der Waals surface area contributed by atoms with E-state index in [0.29, 0.717) is 15.7 Å². The number of likely N-dealkylation sites (N-methyl/N-ethyl adjacent to an activating group) is 1. The first-order chi connectivity index (χ1) is 11.2. The van der Waals surface area contributed by atoms with Gasteiger partial charge < -0.3 is 5.32 Å². The molecule has 128 valence electrons. The Hall–Kier alpha value is -1.60. The summed E-state index contributed by atoms with van der Waals surface area (Å²) < 4.78 is 25.8. The number of nitrogens with zero attached hydrogens (tertiary/aromatic N) is 1. The maximum absolute atomic E-state index is 12.4. The van der Waals surface area contributed by atoms with Crippen molar-refractivity contribution < 1.29 is 13.2 Å². The molecular formula is C16H16Cl2N2O3S. The Morgan fingerprint density at radius 2 is 1.75 bits per heavy atom. The molecule has 0 saturated carbocycles. The van der Waals surface area contributed by atoms with Gasteiger partial charge in [-0.1, -0.05) is 29.3 Å². The van der Waals surface area contributed by atoms with Crippen molar-refractivity contribution in [2.75, 3.05) is 18.9 Å². The highest BCUT2D eigenvalue weighted by molar-refractivity contribution is 7.89. The number of benzene rings is 2. The summed E-state index contributed by atoms with van der Waals surface area (Å²) in [6, 6.07) is 10.9. The topological polar surface area (TPSA) is 66.5 Å². The van der Waals surface area contributed by atoms with Crippen LogP contribution in [0.2, 0.25) is 10.0 Å². The van der Waals surface area contributed by atoms with Gasteiger partial charge >= 0.3 is 0 Å². The molecule has 8 heteroatoms. The molecule has 0 bridgehead atoms. The SMILES string of the molecule is Cc1c(Cl)cccc1NC(=O)CN(C)S(=O)(=O)c1ccc(Cl)cc1. The van der Waals surface area contributed by atoms with Crippen LogP contribution in [0.5, 0.6) is 0 Å². The van der Waals surface area contributed by atoms with E-state index < -0.39 is 15.9 Å². The van der Waals surface area contributed by atoms with Crippen molar-refractivity contribution in [2.24, 2.45) is 0 Å². The number of sulfonamides is 1. The minimum Gasteiger partial charge on any atom is -0.325 e. The van der Waals surface area contributed by atoms with Crippen LogP contribution in [0.1, 0.15) is 5.56 Å². The lowest BCUT2D eigenvalue weighted by molar-refractivity contribution is -0.116. The second-order valence-electron chi connectivity index (χ2n) is 5.18. The van der Waals surface area contributed by atoms with Gasteiger partial charge in [0, 0.05) is 22.8 Å². The molecule has 0 saturated heterocycles. The Balaban J connectivity index is 2.10. The molecule has 0 atom stereocenters. The van der Waals surface area contributed by atoms with Gasteiger partial charge in [0.1, 0.15) is 0 Å². The molecule has 2 aromatic rings. The molecule has 0 aliphatic rings. The Labute approximate surface area is 151 Å². The van der Waals surface area contributed by atoms with Gasteiger partial charge in [0.15, 0.2) is 0 Å². The van der Waals surface area contributed by atoms with Gasteiger partial charge in [-0.05, 0) is 48.9 Å². The molecule has 0 fully saturated rings. The van der Waals surface area contributed by atoms with Crippen LogP contribution in [0.15, 0.2) is 47.4 Å². The van der Waals surface area contributed by atoms with Crippen molar-refractivity contribution >= 4 is 44.8 Å². The first-order valence-corrected chi connectivity index (χ1v) is 9.18. The normalized spacial score (nSPS) is 11.5. The van der Waals surface area contributed by atoms with Crippen LogP contribution in [0.3, 0.4) is 0 Å². The summed E-state index contributed by atoms with van der Waals surface area (Å²) in [7, 11) is -2.43. The number of nitrogens with one attached hydrogen (secondary N) is 1. The van der Waals surface area contributed by atoms with Crippen molar-refractivity contribution in [3.05, 3.63) is 58.1 Å². The zero-order valence-electron chi connectivity index (χ0n) is 13.1. The number of carbonyl (C=O) groups is 1. The fourth-order valence-electron chi connectivity index (χ4n) is 2.01. The molecule has 1 amide bonds. The summed E-state index contributed by atoms with van der Waals surface area (Å²) in [5.41, 5.74) is 1.26. The minimum absolute atomic E-state index is 0.0705. The molecule has 2 aromatic carbocycles. The van der Waals surface area contributed by atoms with E-state index in [0.717, 1.165) is 9.87 Å². The second kappa shape index (κ2) is 7.53. The van der Waals surface area contributed by atoms with Crippen LogP contribution in [0.25, 0.3) is 0 Å². The molecule has 0 aliphatic carbocycles. The van der Waals surface area contributed by atoms with E-state index in [1.807, 2.05) is 0 Å². The first-order valence-electron chi connectivity index (χ1n) is 6.98. The molecule has 0 radical (unpaired) electrons. The summed E-state index contributed by atoms with van der Waals surface area (Å²) in [4.78, 5) is 12.2. The monoisotopic (exact) mass is 386 g/mol. The van der Waals surface area contributed by atoms with Gasteiger partial charge in [0.05, 0.1) is 11.4 Å². The number of hydrogen-bond donors (Lipinski definition) is 1.